The number of hydrogen-bond donors (Lipinski definition) is 1. The second kappa shape index (κ2) is 7.59. The third-order valence-corrected chi connectivity index (χ3v) is 11.0. The Kier molecular flexibility index (Phi) is 5.23. The molecule has 2 atom stereocenters. The summed E-state index contributed by atoms with van der Waals surface area (Å²) in [6.45, 7) is 3.35. The average molecular weight is 484 g/mol. The van der Waals surface area contributed by atoms with E-state index in [1.165, 1.54) is 17.4 Å². The molecule has 2 aromatic rings. The highest BCUT2D eigenvalue weighted by atomic mass is 32.2. The molecule has 0 saturated heterocycles. The lowest BCUT2D eigenvalue weighted by Crippen LogP contribution is -2.59. The van der Waals surface area contributed by atoms with Crippen LogP contribution in [0.4, 0.5) is 0 Å². The Bertz CT molecular complexity index is 1270. The molecule has 4 aliphatic carbocycles. The Hall–Kier alpha value is -2.32. The Morgan fingerprint density at radius 2 is 1.76 bits per heavy atom. The maximum absolute atomic E-state index is 13.8. The van der Waals surface area contributed by atoms with Gasteiger partial charge < -0.3 is 5.73 Å². The summed E-state index contributed by atoms with van der Waals surface area (Å²) >= 11 is 0. The normalized spacial score (nSPS) is 30.7. The van der Waals surface area contributed by atoms with Crippen molar-refractivity contribution in [1.82, 2.24) is 9.29 Å². The second-order valence-corrected chi connectivity index (χ2v) is 13.5. The number of sulfonamides is 1. The SMILES string of the molecule is CN(C(C)(C)C(=O)CC12CC3CC(C1)CC(C(N)=O)(C3)C2)S(=O)(=O)c1cccc2cccnc12. The number of likely N-dealkylation sites (N-methyl/N-ethyl adjacent to an activating group) is 1. The lowest BCUT2D eigenvalue weighted by molar-refractivity contribution is -0.159. The van der Waals surface area contributed by atoms with Gasteiger partial charge >= 0.3 is 0 Å². The molecule has 1 heterocycles. The molecule has 1 aromatic carbocycles. The first kappa shape index (κ1) is 23.4. The number of hydrogen-bond acceptors (Lipinski definition) is 5. The molecule has 8 heteroatoms. The van der Waals surface area contributed by atoms with Crippen molar-refractivity contribution in [2.45, 2.75) is 69.2 Å². The summed E-state index contributed by atoms with van der Waals surface area (Å²) in [7, 11) is -2.51. The van der Waals surface area contributed by atoms with Gasteiger partial charge in [0.05, 0.1) is 16.5 Å². The van der Waals surface area contributed by atoms with Crippen LogP contribution in [0.5, 0.6) is 0 Å². The molecule has 0 spiro atoms. The van der Waals surface area contributed by atoms with Gasteiger partial charge in [0.25, 0.3) is 0 Å². The van der Waals surface area contributed by atoms with Gasteiger partial charge in [-0.15, -0.1) is 0 Å². The first-order valence-electron chi connectivity index (χ1n) is 12.0. The van der Waals surface area contributed by atoms with E-state index < -0.39 is 21.0 Å². The smallest absolute Gasteiger partial charge is 0.245 e. The molecule has 4 saturated carbocycles. The van der Waals surface area contributed by atoms with E-state index in [4.69, 9.17) is 5.73 Å². The standard InChI is InChI=1S/C26H33N3O4S/c1-24(2,29(3)34(32,33)20-8-4-6-19-7-5-9-28-22(19)20)21(30)15-25-11-17-10-18(12-25)14-26(13-17,16-25)23(27)31/h4-9,17-18H,10-16H2,1-3H3,(H2,27,31). The molecule has 4 fully saturated rings. The molecule has 34 heavy (non-hydrogen) atoms. The molecule has 1 amide bonds. The highest BCUT2D eigenvalue weighted by molar-refractivity contribution is 7.89. The summed E-state index contributed by atoms with van der Waals surface area (Å²) < 4.78 is 28.5. The van der Waals surface area contributed by atoms with Crippen LogP contribution in [0.2, 0.25) is 0 Å². The summed E-state index contributed by atoms with van der Waals surface area (Å²) in [4.78, 5) is 30.6. The fraction of sp³-hybridized carbons (Fsp3) is 0.577. The molecular weight excluding hydrogens is 450 g/mol. The van der Waals surface area contributed by atoms with Crippen LogP contribution in [0.15, 0.2) is 41.4 Å². The van der Waals surface area contributed by atoms with Gasteiger partial charge in [0.15, 0.2) is 5.78 Å². The predicted molar refractivity (Wildman–Crippen MR) is 129 cm³/mol. The monoisotopic (exact) mass is 483 g/mol. The highest BCUT2D eigenvalue weighted by Crippen LogP contribution is 2.66. The number of nitrogens with two attached hydrogens (primary N) is 1. The third kappa shape index (κ3) is 3.49. The number of nitrogens with zero attached hydrogens (tertiary/aromatic N) is 2. The van der Waals surface area contributed by atoms with Gasteiger partial charge in [0, 0.05) is 25.1 Å². The molecule has 4 aliphatic rings. The zero-order valence-electron chi connectivity index (χ0n) is 20.1. The van der Waals surface area contributed by atoms with Gasteiger partial charge in [-0.1, -0.05) is 18.2 Å². The van der Waals surface area contributed by atoms with Crippen molar-refractivity contribution in [3.63, 3.8) is 0 Å². The lowest BCUT2D eigenvalue weighted by atomic mass is 9.43. The maximum atomic E-state index is 13.8. The van der Waals surface area contributed by atoms with Crippen molar-refractivity contribution < 1.29 is 18.0 Å². The Morgan fingerprint density at radius 1 is 1.12 bits per heavy atom. The van der Waals surface area contributed by atoms with Crippen molar-refractivity contribution in [3.05, 3.63) is 36.5 Å². The Balaban J connectivity index is 1.43. The summed E-state index contributed by atoms with van der Waals surface area (Å²) in [6.07, 6.45) is 7.11. The number of benzene rings is 1. The zero-order valence-corrected chi connectivity index (χ0v) is 20.9. The zero-order chi connectivity index (χ0) is 24.5. The number of aromatic nitrogens is 1. The van der Waals surface area contributed by atoms with Crippen LogP contribution in [0.1, 0.15) is 58.8 Å². The molecule has 182 valence electrons. The van der Waals surface area contributed by atoms with Gasteiger partial charge in [0.1, 0.15) is 4.90 Å². The molecule has 0 radical (unpaired) electrons. The van der Waals surface area contributed by atoms with Crippen LogP contribution in [-0.2, 0) is 19.6 Å². The van der Waals surface area contributed by atoms with Crippen molar-refractivity contribution in [3.8, 4) is 0 Å². The van der Waals surface area contributed by atoms with Crippen LogP contribution >= 0.6 is 0 Å². The van der Waals surface area contributed by atoms with Crippen molar-refractivity contribution in [1.29, 1.82) is 0 Å². The van der Waals surface area contributed by atoms with Crippen LogP contribution in [-0.4, -0.2) is 42.0 Å². The largest absolute Gasteiger partial charge is 0.369 e. The van der Waals surface area contributed by atoms with Crippen molar-refractivity contribution in [2.75, 3.05) is 7.05 Å². The first-order chi connectivity index (χ1) is 15.9. The number of primary amides is 1. The molecule has 7 nitrogen and oxygen atoms in total. The minimum atomic E-state index is -3.98. The molecule has 6 rings (SSSR count). The molecule has 1 aromatic heterocycles. The van der Waals surface area contributed by atoms with E-state index in [1.54, 1.807) is 32.2 Å². The number of carbonyl (C=O) groups excluding carboxylic acids is 2. The van der Waals surface area contributed by atoms with E-state index in [2.05, 4.69) is 4.98 Å². The Morgan fingerprint density at radius 3 is 2.41 bits per heavy atom. The number of carbonyl (C=O) groups is 2. The lowest BCUT2D eigenvalue weighted by Gasteiger charge is -2.61. The van der Waals surface area contributed by atoms with E-state index in [0.717, 1.165) is 37.5 Å². The maximum Gasteiger partial charge on any atom is 0.245 e. The van der Waals surface area contributed by atoms with Crippen LogP contribution in [0, 0.1) is 22.7 Å². The summed E-state index contributed by atoms with van der Waals surface area (Å²) in [5.74, 6) is 0.495. The molecule has 2 unspecified atom stereocenters. The molecule has 2 N–H and O–H groups in total. The number of pyridine rings is 1. The van der Waals surface area contributed by atoms with Crippen LogP contribution in [0.3, 0.4) is 0 Å². The number of ketones is 1. The summed E-state index contributed by atoms with van der Waals surface area (Å²) in [5.41, 5.74) is 4.24. The van der Waals surface area contributed by atoms with Gasteiger partial charge in [0.2, 0.25) is 15.9 Å². The van der Waals surface area contributed by atoms with Gasteiger partial charge in [-0.05, 0) is 81.8 Å². The topological polar surface area (TPSA) is 110 Å². The number of fused-ring (bicyclic) bond motifs is 1. The summed E-state index contributed by atoms with van der Waals surface area (Å²) in [6, 6.07) is 8.63. The number of rotatable bonds is 7. The molecule has 4 bridgehead atoms. The number of para-hydroxylation sites is 1. The highest BCUT2D eigenvalue weighted by Gasteiger charge is 2.61. The third-order valence-electron chi connectivity index (χ3n) is 8.94. The van der Waals surface area contributed by atoms with Crippen molar-refractivity contribution >= 4 is 32.6 Å². The minimum Gasteiger partial charge on any atom is -0.369 e. The van der Waals surface area contributed by atoms with Gasteiger partial charge in [-0.3, -0.25) is 14.6 Å². The van der Waals surface area contributed by atoms with E-state index in [9.17, 15) is 18.0 Å². The number of Topliss-reactive ketones (excluding diaryl/α,β-unsaturated/α-hetero) is 1. The molecular formula is C26H33N3O4S. The van der Waals surface area contributed by atoms with Gasteiger partial charge in [-0.25, -0.2) is 8.42 Å². The summed E-state index contributed by atoms with van der Waals surface area (Å²) in [5, 5.41) is 0.728. The number of amides is 1. The average Bonchev–Trinajstić information content (AvgIpc) is 2.76. The Labute approximate surface area is 201 Å². The van der Waals surface area contributed by atoms with E-state index in [1.807, 2.05) is 12.1 Å². The van der Waals surface area contributed by atoms with Crippen molar-refractivity contribution in [2.24, 2.45) is 28.4 Å². The second-order valence-electron chi connectivity index (χ2n) is 11.6. The predicted octanol–water partition coefficient (Wildman–Crippen LogP) is 3.67. The first-order valence-corrected chi connectivity index (χ1v) is 13.5. The minimum absolute atomic E-state index is 0.0939. The quantitative estimate of drug-likeness (QED) is 0.646. The van der Waals surface area contributed by atoms with Gasteiger partial charge in [-0.2, -0.15) is 4.31 Å². The van der Waals surface area contributed by atoms with E-state index in [-0.39, 0.29) is 28.4 Å². The fourth-order valence-electron chi connectivity index (χ4n) is 7.41. The molecule has 0 aliphatic heterocycles. The fourth-order valence-corrected chi connectivity index (χ4v) is 9.08. The van der Waals surface area contributed by atoms with Crippen LogP contribution < -0.4 is 5.73 Å². The van der Waals surface area contributed by atoms with Crippen LogP contribution in [0.25, 0.3) is 10.9 Å². The van der Waals surface area contributed by atoms with E-state index in [0.29, 0.717) is 23.8 Å². The van der Waals surface area contributed by atoms with E-state index >= 15 is 0 Å².